The van der Waals surface area contributed by atoms with Gasteiger partial charge in [-0.3, -0.25) is 9.63 Å². The maximum atomic E-state index is 10.8. The van der Waals surface area contributed by atoms with Crippen LogP contribution in [0.4, 0.5) is 0 Å². The second kappa shape index (κ2) is 6.16. The molecule has 0 aliphatic carbocycles. The van der Waals surface area contributed by atoms with E-state index >= 15 is 0 Å². The van der Waals surface area contributed by atoms with Crippen molar-refractivity contribution >= 4 is 5.91 Å². The standard InChI is InChI=1S/C6H11NO2.C2H6/c1-7-6(8)4-2-3-5-9-7;1-2/h2-5H2,1H3;1-2H3. The summed E-state index contributed by atoms with van der Waals surface area (Å²) in [6.45, 7) is 4.68. The molecule has 1 fully saturated rings. The zero-order chi connectivity index (χ0) is 8.69. The smallest absolute Gasteiger partial charge is 0.245 e. The average molecular weight is 159 g/mol. The van der Waals surface area contributed by atoms with Crippen molar-refractivity contribution in [2.45, 2.75) is 33.1 Å². The lowest BCUT2D eigenvalue weighted by atomic mass is 10.2. The van der Waals surface area contributed by atoms with E-state index in [1.54, 1.807) is 7.05 Å². The largest absolute Gasteiger partial charge is 0.273 e. The van der Waals surface area contributed by atoms with E-state index in [0.717, 1.165) is 12.8 Å². The number of amides is 1. The zero-order valence-corrected chi connectivity index (χ0v) is 7.59. The molecule has 0 unspecified atom stereocenters. The molecular formula is C8H17NO2. The van der Waals surface area contributed by atoms with Crippen LogP contribution in [0.25, 0.3) is 0 Å². The van der Waals surface area contributed by atoms with E-state index in [2.05, 4.69) is 0 Å². The molecule has 1 aliphatic heterocycles. The molecule has 3 nitrogen and oxygen atoms in total. The molecule has 66 valence electrons. The van der Waals surface area contributed by atoms with Crippen LogP contribution in [0.1, 0.15) is 33.1 Å². The highest BCUT2D eigenvalue weighted by molar-refractivity contribution is 5.74. The number of hydroxylamine groups is 2. The first kappa shape index (κ1) is 10.4. The van der Waals surface area contributed by atoms with Gasteiger partial charge in [0.1, 0.15) is 0 Å². The van der Waals surface area contributed by atoms with Crippen LogP contribution >= 0.6 is 0 Å². The summed E-state index contributed by atoms with van der Waals surface area (Å²) in [5, 5.41) is 1.33. The first-order valence-corrected chi connectivity index (χ1v) is 4.20. The van der Waals surface area contributed by atoms with E-state index < -0.39 is 0 Å². The molecule has 1 rings (SSSR count). The Morgan fingerprint density at radius 1 is 1.36 bits per heavy atom. The summed E-state index contributed by atoms with van der Waals surface area (Å²) in [6, 6.07) is 0. The van der Waals surface area contributed by atoms with Gasteiger partial charge in [0.15, 0.2) is 0 Å². The molecule has 0 aromatic heterocycles. The van der Waals surface area contributed by atoms with Crippen LogP contribution in [-0.4, -0.2) is 24.6 Å². The molecule has 0 radical (unpaired) electrons. The molecule has 0 saturated carbocycles. The highest BCUT2D eigenvalue weighted by Gasteiger charge is 2.11. The van der Waals surface area contributed by atoms with Crippen molar-refractivity contribution in [2.24, 2.45) is 0 Å². The van der Waals surface area contributed by atoms with Crippen molar-refractivity contribution in [1.82, 2.24) is 5.06 Å². The van der Waals surface area contributed by atoms with Crippen molar-refractivity contribution in [1.29, 1.82) is 0 Å². The maximum Gasteiger partial charge on any atom is 0.245 e. The van der Waals surface area contributed by atoms with Gasteiger partial charge in [-0.05, 0) is 12.8 Å². The second-order valence-electron chi connectivity index (χ2n) is 2.18. The van der Waals surface area contributed by atoms with E-state index in [9.17, 15) is 4.79 Å². The highest BCUT2D eigenvalue weighted by Crippen LogP contribution is 2.05. The SMILES string of the molecule is CC.CN1OCCCCC1=O. The van der Waals surface area contributed by atoms with Crippen molar-refractivity contribution in [3.63, 3.8) is 0 Å². The van der Waals surface area contributed by atoms with E-state index in [0.29, 0.717) is 13.0 Å². The Hall–Kier alpha value is -0.570. The normalized spacial score (nSPS) is 18.5. The second-order valence-corrected chi connectivity index (χ2v) is 2.18. The summed E-state index contributed by atoms with van der Waals surface area (Å²) in [5.41, 5.74) is 0. The fourth-order valence-electron chi connectivity index (χ4n) is 0.809. The fraction of sp³-hybridized carbons (Fsp3) is 0.875. The Balaban J connectivity index is 0.000000461. The van der Waals surface area contributed by atoms with Crippen LogP contribution in [0.15, 0.2) is 0 Å². The average Bonchev–Trinajstić information content (AvgIpc) is 2.22. The van der Waals surface area contributed by atoms with Crippen LogP contribution in [0, 0.1) is 0 Å². The highest BCUT2D eigenvalue weighted by atomic mass is 16.7. The Kier molecular flexibility index (Phi) is 5.84. The summed E-state index contributed by atoms with van der Waals surface area (Å²) in [4.78, 5) is 15.8. The summed E-state index contributed by atoms with van der Waals surface area (Å²) < 4.78 is 0. The monoisotopic (exact) mass is 159 g/mol. The molecule has 0 aromatic carbocycles. The van der Waals surface area contributed by atoms with Gasteiger partial charge >= 0.3 is 0 Å². The van der Waals surface area contributed by atoms with Crippen LogP contribution < -0.4 is 0 Å². The summed E-state index contributed by atoms with van der Waals surface area (Å²) in [6.07, 6.45) is 2.59. The van der Waals surface area contributed by atoms with Crippen molar-refractivity contribution in [3.8, 4) is 0 Å². The van der Waals surface area contributed by atoms with Gasteiger partial charge in [-0.2, -0.15) is 0 Å². The molecule has 1 heterocycles. The molecule has 1 saturated heterocycles. The minimum Gasteiger partial charge on any atom is -0.273 e. The number of hydrogen-bond donors (Lipinski definition) is 0. The molecule has 0 N–H and O–H groups in total. The van der Waals surface area contributed by atoms with Gasteiger partial charge in [0.2, 0.25) is 5.91 Å². The van der Waals surface area contributed by atoms with Gasteiger partial charge < -0.3 is 0 Å². The summed E-state index contributed by atoms with van der Waals surface area (Å²) >= 11 is 0. The fourth-order valence-corrected chi connectivity index (χ4v) is 0.809. The summed E-state index contributed by atoms with van der Waals surface area (Å²) in [5.74, 6) is 0.0903. The zero-order valence-electron chi connectivity index (χ0n) is 7.59. The van der Waals surface area contributed by atoms with Gasteiger partial charge in [0, 0.05) is 13.5 Å². The van der Waals surface area contributed by atoms with Crippen molar-refractivity contribution in [2.75, 3.05) is 13.7 Å². The van der Waals surface area contributed by atoms with E-state index in [4.69, 9.17) is 4.84 Å². The third kappa shape index (κ3) is 3.98. The van der Waals surface area contributed by atoms with Crippen LogP contribution in [0.5, 0.6) is 0 Å². The molecule has 0 atom stereocenters. The molecule has 11 heavy (non-hydrogen) atoms. The first-order chi connectivity index (χ1) is 5.30. The Morgan fingerprint density at radius 3 is 2.64 bits per heavy atom. The molecule has 0 aromatic rings. The third-order valence-electron chi connectivity index (χ3n) is 1.42. The van der Waals surface area contributed by atoms with E-state index in [-0.39, 0.29) is 5.91 Å². The number of rotatable bonds is 0. The lowest BCUT2D eigenvalue weighted by Gasteiger charge is -2.11. The van der Waals surface area contributed by atoms with Gasteiger partial charge in [-0.25, -0.2) is 5.06 Å². The lowest BCUT2D eigenvalue weighted by molar-refractivity contribution is -0.174. The third-order valence-corrected chi connectivity index (χ3v) is 1.42. The van der Waals surface area contributed by atoms with E-state index in [1.165, 1.54) is 5.06 Å². The van der Waals surface area contributed by atoms with Crippen LogP contribution in [0.3, 0.4) is 0 Å². The van der Waals surface area contributed by atoms with Crippen molar-refractivity contribution in [3.05, 3.63) is 0 Å². The molecule has 1 amide bonds. The predicted molar refractivity (Wildman–Crippen MR) is 43.9 cm³/mol. The number of nitrogens with zero attached hydrogens (tertiary/aromatic N) is 1. The first-order valence-electron chi connectivity index (χ1n) is 4.20. The minimum atomic E-state index is 0.0903. The Bertz CT molecular complexity index is 115. The summed E-state index contributed by atoms with van der Waals surface area (Å²) in [7, 11) is 1.66. The quantitative estimate of drug-likeness (QED) is 0.537. The predicted octanol–water partition coefficient (Wildman–Crippen LogP) is 1.59. The Labute approximate surface area is 68.3 Å². The van der Waals surface area contributed by atoms with Crippen LogP contribution in [0.2, 0.25) is 0 Å². The number of carbonyl (C=O) groups excluding carboxylic acids is 1. The molecule has 1 aliphatic rings. The molecule has 0 spiro atoms. The molecule has 0 bridgehead atoms. The maximum absolute atomic E-state index is 10.8. The molecular weight excluding hydrogens is 142 g/mol. The minimum absolute atomic E-state index is 0.0903. The number of carbonyl (C=O) groups is 1. The van der Waals surface area contributed by atoms with E-state index in [1.807, 2.05) is 13.8 Å². The van der Waals surface area contributed by atoms with Gasteiger partial charge in [-0.1, -0.05) is 13.8 Å². The van der Waals surface area contributed by atoms with Crippen molar-refractivity contribution < 1.29 is 9.63 Å². The van der Waals surface area contributed by atoms with Gasteiger partial charge in [0.25, 0.3) is 0 Å². The van der Waals surface area contributed by atoms with Gasteiger partial charge in [0.05, 0.1) is 6.61 Å². The van der Waals surface area contributed by atoms with Crippen LogP contribution in [-0.2, 0) is 9.63 Å². The molecule has 3 heteroatoms. The van der Waals surface area contributed by atoms with Gasteiger partial charge in [-0.15, -0.1) is 0 Å². The number of hydrogen-bond acceptors (Lipinski definition) is 2. The topological polar surface area (TPSA) is 29.5 Å². The Morgan fingerprint density at radius 2 is 2.00 bits per heavy atom. The lowest BCUT2D eigenvalue weighted by Crippen LogP contribution is -2.24.